The van der Waals surface area contributed by atoms with E-state index in [0.29, 0.717) is 10.6 Å². The highest BCUT2D eigenvalue weighted by molar-refractivity contribution is 7.81. The Morgan fingerprint density at radius 2 is 2.12 bits per heavy atom. The highest BCUT2D eigenvalue weighted by Gasteiger charge is 2.27. The molecule has 1 amide bonds. The molecule has 9 nitrogen and oxygen atoms in total. The van der Waals surface area contributed by atoms with Crippen LogP contribution in [0.25, 0.3) is 11.3 Å². The molecule has 34 heavy (non-hydrogen) atoms. The van der Waals surface area contributed by atoms with Crippen molar-refractivity contribution in [1.82, 2.24) is 25.1 Å². The summed E-state index contributed by atoms with van der Waals surface area (Å²) in [6, 6.07) is 10.9. The fourth-order valence-corrected chi connectivity index (χ4v) is 3.98. The van der Waals surface area contributed by atoms with Gasteiger partial charge in [0.1, 0.15) is 11.1 Å². The van der Waals surface area contributed by atoms with Gasteiger partial charge in [0, 0.05) is 17.1 Å². The molecule has 172 valence electrons. The van der Waals surface area contributed by atoms with E-state index in [9.17, 15) is 9.18 Å². The third kappa shape index (κ3) is 5.03. The van der Waals surface area contributed by atoms with Crippen molar-refractivity contribution in [2.45, 2.75) is 18.3 Å². The van der Waals surface area contributed by atoms with Gasteiger partial charge in [-0.15, -0.1) is 5.10 Å². The van der Waals surface area contributed by atoms with Crippen LogP contribution in [0.4, 0.5) is 10.4 Å². The molecule has 12 heteroatoms. The molecule has 3 N–H and O–H groups in total. The summed E-state index contributed by atoms with van der Waals surface area (Å²) in [6.45, 7) is -0.287. The molecule has 0 aliphatic rings. The lowest BCUT2D eigenvalue weighted by Gasteiger charge is -2.25. The first-order valence-electron chi connectivity index (χ1n) is 9.87. The number of nitriles is 1. The zero-order chi connectivity index (χ0) is 24.2. The van der Waals surface area contributed by atoms with Gasteiger partial charge in [-0.1, -0.05) is 28.8 Å². The fraction of sp³-hybridized carbons (Fsp3) is 0.136. The Balaban J connectivity index is 1.66. The molecule has 0 fully saturated rings. The van der Waals surface area contributed by atoms with Crippen LogP contribution < -0.4 is 5.73 Å². The van der Waals surface area contributed by atoms with Crippen LogP contribution in [0.2, 0.25) is 5.02 Å². The van der Waals surface area contributed by atoms with E-state index in [1.807, 2.05) is 6.07 Å². The van der Waals surface area contributed by atoms with Crippen molar-refractivity contribution in [3.05, 3.63) is 82.3 Å². The predicted molar refractivity (Wildman–Crippen MR) is 125 cm³/mol. The first-order chi connectivity index (χ1) is 16.4. The summed E-state index contributed by atoms with van der Waals surface area (Å²) in [7, 11) is 0. The van der Waals surface area contributed by atoms with Crippen LogP contribution in [-0.4, -0.2) is 31.0 Å². The molecule has 0 spiro atoms. The van der Waals surface area contributed by atoms with Crippen molar-refractivity contribution in [3.63, 3.8) is 0 Å². The summed E-state index contributed by atoms with van der Waals surface area (Å²) in [5.74, 6) is -1.04. The third-order valence-corrected chi connectivity index (χ3v) is 5.84. The maximum atomic E-state index is 14.6. The summed E-state index contributed by atoms with van der Waals surface area (Å²) in [6.07, 6.45) is 3.18. The first kappa shape index (κ1) is 23.3. The van der Waals surface area contributed by atoms with Gasteiger partial charge in [-0.25, -0.2) is 9.37 Å². The lowest BCUT2D eigenvalue weighted by Crippen LogP contribution is -2.33. The zero-order valence-electron chi connectivity index (χ0n) is 17.4. The molecule has 4 rings (SSSR count). The van der Waals surface area contributed by atoms with E-state index in [1.54, 1.807) is 24.4 Å². The molecule has 0 saturated carbocycles. The Kier molecular flexibility index (Phi) is 6.81. The number of aromatic amines is 1. The molecule has 0 aliphatic carbocycles. The largest absolute Gasteiger partial charge is 0.406 e. The monoisotopic (exact) mass is 497 g/mol. The minimum absolute atomic E-state index is 0.0674. The Morgan fingerprint density at radius 1 is 1.29 bits per heavy atom. The number of carbonyl (C=O) groups excluding carboxylic acids is 1. The molecule has 4 aromatic rings. The summed E-state index contributed by atoms with van der Waals surface area (Å²) in [5, 5.41) is 15.7. The molecule has 2 aromatic carbocycles. The number of carbonyl (C=O) groups is 1. The predicted octanol–water partition coefficient (Wildman–Crippen LogP) is 3.91. The Bertz CT molecular complexity index is 1370. The van der Waals surface area contributed by atoms with Crippen molar-refractivity contribution in [2.75, 3.05) is 5.73 Å². The van der Waals surface area contributed by atoms with Crippen LogP contribution in [-0.2, 0) is 17.9 Å². The Labute approximate surface area is 203 Å². The van der Waals surface area contributed by atoms with Gasteiger partial charge in [0.15, 0.2) is 0 Å². The van der Waals surface area contributed by atoms with Gasteiger partial charge in [0.25, 0.3) is 0 Å². The van der Waals surface area contributed by atoms with Crippen LogP contribution in [0.1, 0.15) is 27.8 Å². The second kappa shape index (κ2) is 9.94. The first-order valence-corrected chi connectivity index (χ1v) is 10.8. The average Bonchev–Trinajstić information content (AvgIpc) is 3.51. The van der Waals surface area contributed by atoms with Gasteiger partial charge in [-0.3, -0.25) is 4.79 Å². The highest BCUT2D eigenvalue weighted by Crippen LogP contribution is 2.33. The van der Waals surface area contributed by atoms with E-state index in [4.69, 9.17) is 27.0 Å². The van der Waals surface area contributed by atoms with Crippen LogP contribution in [0.5, 0.6) is 0 Å². The number of rotatable bonds is 7. The van der Waals surface area contributed by atoms with E-state index < -0.39 is 17.0 Å². The minimum Gasteiger partial charge on any atom is -0.406 e. The van der Waals surface area contributed by atoms with E-state index in [2.05, 4.69) is 32.8 Å². The normalized spacial score (nSPS) is 11.7. The number of aromatic nitrogens is 4. The maximum Gasteiger partial charge on any atom is 0.312 e. The second-order valence-corrected chi connectivity index (χ2v) is 8.17. The number of halogens is 2. The standard InChI is InChI=1S/C22H17ClFN7O2S/c23-16-4-3-13(18-8-27-11-28-18)6-15(16)20(34)21(32)31(10-19-29-30-22(26)33-19)9-14-2-1-12(7-25)5-17(14)24/h1-6,8,11,20,34H,9-10H2,(H2,26,30)(H,27,28). The quantitative estimate of drug-likeness (QED) is 0.329. The van der Waals surface area contributed by atoms with Gasteiger partial charge in [0.2, 0.25) is 11.8 Å². The molecule has 0 radical (unpaired) electrons. The van der Waals surface area contributed by atoms with Crippen molar-refractivity contribution < 1.29 is 13.6 Å². The van der Waals surface area contributed by atoms with Gasteiger partial charge in [-0.05, 0) is 35.4 Å². The molecule has 2 heterocycles. The van der Waals surface area contributed by atoms with E-state index in [-0.39, 0.29) is 36.1 Å². The summed E-state index contributed by atoms with van der Waals surface area (Å²) in [4.78, 5) is 21.8. The number of nitrogens with zero attached hydrogens (tertiary/aromatic N) is 5. The molecule has 0 saturated heterocycles. The molecule has 0 bridgehead atoms. The number of anilines is 1. The van der Waals surface area contributed by atoms with Gasteiger partial charge in [0.05, 0.1) is 36.4 Å². The lowest BCUT2D eigenvalue weighted by atomic mass is 10.0. The van der Waals surface area contributed by atoms with Gasteiger partial charge >= 0.3 is 6.01 Å². The summed E-state index contributed by atoms with van der Waals surface area (Å²) in [5.41, 5.74) is 7.81. The lowest BCUT2D eigenvalue weighted by molar-refractivity contribution is -0.132. The topological polar surface area (TPSA) is 138 Å². The molecule has 1 atom stereocenters. The van der Waals surface area contributed by atoms with Crippen molar-refractivity contribution >= 4 is 36.2 Å². The van der Waals surface area contributed by atoms with Gasteiger partial charge < -0.3 is 20.0 Å². The number of imidazole rings is 1. The van der Waals surface area contributed by atoms with Crippen LogP contribution >= 0.6 is 24.2 Å². The molecule has 0 aliphatic heterocycles. The van der Waals surface area contributed by atoms with Crippen molar-refractivity contribution in [3.8, 4) is 17.3 Å². The van der Waals surface area contributed by atoms with Crippen LogP contribution in [0.3, 0.4) is 0 Å². The number of benzene rings is 2. The van der Waals surface area contributed by atoms with E-state index in [1.165, 1.54) is 23.4 Å². The smallest absolute Gasteiger partial charge is 0.312 e. The van der Waals surface area contributed by atoms with Crippen LogP contribution in [0, 0.1) is 17.1 Å². The maximum absolute atomic E-state index is 14.6. The number of nitrogens with one attached hydrogen (secondary N) is 1. The van der Waals surface area contributed by atoms with Crippen molar-refractivity contribution in [2.24, 2.45) is 0 Å². The van der Waals surface area contributed by atoms with Gasteiger partial charge in [-0.2, -0.15) is 17.9 Å². The Hall–Kier alpha value is -3.88. The third-order valence-electron chi connectivity index (χ3n) is 5.00. The number of H-pyrrole nitrogens is 1. The molecule has 1 unspecified atom stereocenters. The van der Waals surface area contributed by atoms with Crippen molar-refractivity contribution in [1.29, 1.82) is 5.26 Å². The molecule has 2 aromatic heterocycles. The number of amides is 1. The second-order valence-electron chi connectivity index (χ2n) is 7.25. The number of hydrogen-bond donors (Lipinski definition) is 3. The fourth-order valence-electron chi connectivity index (χ4n) is 3.30. The highest BCUT2D eigenvalue weighted by atomic mass is 35.5. The average molecular weight is 498 g/mol. The number of nitrogens with two attached hydrogens (primary N) is 1. The number of nitrogen functional groups attached to an aromatic ring is 1. The number of thiol groups is 1. The molecular formula is C22H17ClFN7O2S. The van der Waals surface area contributed by atoms with E-state index >= 15 is 0 Å². The summed E-state index contributed by atoms with van der Waals surface area (Å²) < 4.78 is 19.8. The SMILES string of the molecule is N#Cc1ccc(CN(Cc2nnc(N)o2)C(=O)C(S)c2cc(-c3cnc[nH]3)ccc2Cl)c(F)c1. The Morgan fingerprint density at radius 3 is 2.76 bits per heavy atom. The van der Waals surface area contributed by atoms with Crippen LogP contribution in [0.15, 0.2) is 53.3 Å². The molecular weight excluding hydrogens is 481 g/mol. The minimum atomic E-state index is -0.989. The number of hydrogen-bond acceptors (Lipinski definition) is 8. The summed E-state index contributed by atoms with van der Waals surface area (Å²) >= 11 is 10.9. The zero-order valence-corrected chi connectivity index (χ0v) is 19.1. The van der Waals surface area contributed by atoms with E-state index in [0.717, 1.165) is 17.3 Å².